The maximum Gasteiger partial charge on any atom is 0.211 e. The number of amides is 1. The second-order valence-corrected chi connectivity index (χ2v) is 4.38. The van der Waals surface area contributed by atoms with E-state index in [0.29, 0.717) is 31.8 Å². The molecule has 0 fully saturated rings. The van der Waals surface area contributed by atoms with Gasteiger partial charge < -0.3 is 10.1 Å². The summed E-state index contributed by atoms with van der Waals surface area (Å²) in [6.45, 7) is 0. The fraction of sp³-hybridized carbons (Fsp3) is 0.125. The Bertz CT molecular complexity index is 371. The van der Waals surface area contributed by atoms with E-state index in [0.717, 1.165) is 0 Å². The van der Waals surface area contributed by atoms with Crippen molar-refractivity contribution < 1.29 is 9.53 Å². The molecule has 1 N–H and O–H groups in total. The highest BCUT2D eigenvalue weighted by molar-refractivity contribution is 9.11. The van der Waals surface area contributed by atoms with Gasteiger partial charge in [-0.3, -0.25) is 4.79 Å². The largest absolute Gasteiger partial charge is 0.494 e. The number of rotatable bonds is 3. The molecule has 0 unspecified atom stereocenters. The van der Waals surface area contributed by atoms with Crippen LogP contribution >= 0.6 is 43.5 Å². The van der Waals surface area contributed by atoms with E-state index in [9.17, 15) is 4.79 Å². The van der Waals surface area contributed by atoms with Gasteiger partial charge in [-0.15, -0.1) is 0 Å². The smallest absolute Gasteiger partial charge is 0.211 e. The summed E-state index contributed by atoms with van der Waals surface area (Å²) < 4.78 is 6.43. The molecule has 0 saturated carbocycles. The van der Waals surface area contributed by atoms with Crippen molar-refractivity contribution in [3.63, 3.8) is 0 Å². The molecule has 1 aromatic rings. The van der Waals surface area contributed by atoms with Gasteiger partial charge in [0.15, 0.2) is 0 Å². The van der Waals surface area contributed by atoms with Crippen molar-refractivity contribution in [2.24, 2.45) is 0 Å². The minimum absolute atomic E-state index is 0.427. The van der Waals surface area contributed by atoms with Gasteiger partial charge in [-0.2, -0.15) is 0 Å². The van der Waals surface area contributed by atoms with Gasteiger partial charge in [0, 0.05) is 0 Å². The van der Waals surface area contributed by atoms with Crippen LogP contribution < -0.4 is 10.1 Å². The van der Waals surface area contributed by atoms with E-state index in [1.807, 2.05) is 0 Å². The average Bonchev–Trinajstić information content (AvgIpc) is 2.12. The number of carbonyl (C=O) groups excluding carboxylic acids is 1. The first-order valence-electron chi connectivity index (χ1n) is 3.53. The van der Waals surface area contributed by atoms with E-state index < -0.39 is 0 Å². The SMILES string of the molecule is COc1c(Br)cc(Cl)c(NC=O)c1Br. The molecule has 14 heavy (non-hydrogen) atoms. The molecule has 6 heteroatoms. The minimum Gasteiger partial charge on any atom is -0.494 e. The zero-order valence-corrected chi connectivity index (χ0v) is 11.0. The van der Waals surface area contributed by atoms with Crippen LogP contribution in [-0.2, 0) is 4.79 Å². The van der Waals surface area contributed by atoms with Crippen molar-refractivity contribution in [2.45, 2.75) is 0 Å². The number of anilines is 1. The summed E-state index contributed by atoms with van der Waals surface area (Å²) in [6.07, 6.45) is 0.555. The number of hydrogen-bond donors (Lipinski definition) is 1. The zero-order chi connectivity index (χ0) is 10.7. The third-order valence-electron chi connectivity index (χ3n) is 1.54. The zero-order valence-electron chi connectivity index (χ0n) is 7.11. The lowest BCUT2D eigenvalue weighted by molar-refractivity contribution is -0.105. The number of nitrogens with one attached hydrogen (secondary N) is 1. The number of methoxy groups -OCH3 is 1. The third-order valence-corrected chi connectivity index (χ3v) is 3.18. The molecule has 1 rings (SSSR count). The van der Waals surface area contributed by atoms with Crippen LogP contribution in [0.3, 0.4) is 0 Å². The van der Waals surface area contributed by atoms with Crippen LogP contribution in [0.5, 0.6) is 5.75 Å². The first-order valence-corrected chi connectivity index (χ1v) is 5.50. The molecule has 0 spiro atoms. The van der Waals surface area contributed by atoms with Gasteiger partial charge in [0.2, 0.25) is 6.41 Å². The van der Waals surface area contributed by atoms with E-state index in [-0.39, 0.29) is 0 Å². The topological polar surface area (TPSA) is 38.3 Å². The number of hydrogen-bond acceptors (Lipinski definition) is 2. The van der Waals surface area contributed by atoms with Crippen molar-refractivity contribution in [3.05, 3.63) is 20.0 Å². The molecule has 0 aliphatic rings. The Morgan fingerprint density at radius 3 is 2.71 bits per heavy atom. The first kappa shape index (κ1) is 11.8. The number of ether oxygens (including phenoxy) is 1. The molecule has 0 aliphatic heterocycles. The maximum atomic E-state index is 10.3. The van der Waals surface area contributed by atoms with E-state index >= 15 is 0 Å². The number of benzene rings is 1. The summed E-state index contributed by atoms with van der Waals surface area (Å²) in [4.78, 5) is 10.3. The standard InChI is InChI=1S/C8H6Br2ClNO2/c1-14-8-4(9)2-5(11)7(6(8)10)12-3-13/h2-3H,1H3,(H,12,13). The predicted octanol–water partition coefficient (Wildman–Crippen LogP) is 3.44. The Hall–Kier alpha value is -0.260. The molecular weight excluding hydrogens is 337 g/mol. The highest BCUT2D eigenvalue weighted by atomic mass is 79.9. The first-order chi connectivity index (χ1) is 6.61. The molecule has 76 valence electrons. The minimum atomic E-state index is 0.427. The summed E-state index contributed by atoms with van der Waals surface area (Å²) in [5.41, 5.74) is 0.488. The Labute approximate surface area is 103 Å². The molecule has 0 atom stereocenters. The van der Waals surface area contributed by atoms with Gasteiger partial charge in [0.1, 0.15) is 5.75 Å². The molecule has 0 radical (unpaired) electrons. The molecule has 0 bridgehead atoms. The fourth-order valence-electron chi connectivity index (χ4n) is 0.951. The lowest BCUT2D eigenvalue weighted by Crippen LogP contribution is -1.98. The van der Waals surface area contributed by atoms with Crippen LogP contribution in [0.4, 0.5) is 5.69 Å². The van der Waals surface area contributed by atoms with Crippen LogP contribution in [-0.4, -0.2) is 13.5 Å². The molecule has 0 aliphatic carbocycles. The molecule has 0 aromatic heterocycles. The summed E-state index contributed by atoms with van der Waals surface area (Å²) in [5.74, 6) is 0.582. The Kier molecular flexibility index (Phi) is 4.22. The average molecular weight is 343 g/mol. The quantitative estimate of drug-likeness (QED) is 0.854. The van der Waals surface area contributed by atoms with Crippen LogP contribution in [0.15, 0.2) is 15.0 Å². The Balaban J connectivity index is 3.35. The van der Waals surface area contributed by atoms with Crippen molar-refractivity contribution in [2.75, 3.05) is 12.4 Å². The van der Waals surface area contributed by atoms with Crippen molar-refractivity contribution >= 4 is 55.6 Å². The second-order valence-electron chi connectivity index (χ2n) is 2.32. The molecule has 0 saturated heterocycles. The van der Waals surface area contributed by atoms with E-state index in [1.165, 1.54) is 7.11 Å². The third kappa shape index (κ3) is 2.21. The molecule has 1 amide bonds. The molecule has 0 heterocycles. The fourth-order valence-corrected chi connectivity index (χ4v) is 3.01. The van der Waals surface area contributed by atoms with Crippen molar-refractivity contribution in [3.8, 4) is 5.75 Å². The van der Waals surface area contributed by atoms with Crippen LogP contribution in [0, 0.1) is 0 Å². The van der Waals surface area contributed by atoms with Crippen molar-refractivity contribution in [1.82, 2.24) is 0 Å². The van der Waals surface area contributed by atoms with Gasteiger partial charge in [-0.05, 0) is 37.9 Å². The number of halogens is 3. The maximum absolute atomic E-state index is 10.3. The van der Waals surface area contributed by atoms with Gasteiger partial charge in [-0.25, -0.2) is 0 Å². The van der Waals surface area contributed by atoms with Gasteiger partial charge in [-0.1, -0.05) is 11.6 Å². The summed E-state index contributed by atoms with van der Waals surface area (Å²) in [7, 11) is 1.53. The predicted molar refractivity (Wildman–Crippen MR) is 63.1 cm³/mol. The second kappa shape index (κ2) is 5.00. The Morgan fingerprint density at radius 1 is 1.57 bits per heavy atom. The van der Waals surface area contributed by atoms with E-state index in [1.54, 1.807) is 6.07 Å². The summed E-state index contributed by atoms with van der Waals surface area (Å²) in [6, 6.07) is 1.65. The molecular formula is C8H6Br2ClNO2. The van der Waals surface area contributed by atoms with E-state index in [4.69, 9.17) is 16.3 Å². The van der Waals surface area contributed by atoms with E-state index in [2.05, 4.69) is 37.2 Å². The molecule has 3 nitrogen and oxygen atoms in total. The number of carbonyl (C=O) groups is 1. The highest BCUT2D eigenvalue weighted by Gasteiger charge is 2.14. The monoisotopic (exact) mass is 341 g/mol. The molecule has 1 aromatic carbocycles. The highest BCUT2D eigenvalue weighted by Crippen LogP contribution is 2.42. The summed E-state index contributed by atoms with van der Waals surface area (Å²) >= 11 is 12.5. The van der Waals surface area contributed by atoms with Crippen LogP contribution in [0.25, 0.3) is 0 Å². The van der Waals surface area contributed by atoms with Crippen LogP contribution in [0.1, 0.15) is 0 Å². The lowest BCUT2D eigenvalue weighted by atomic mass is 10.3. The van der Waals surface area contributed by atoms with Gasteiger partial charge >= 0.3 is 0 Å². The summed E-state index contributed by atoms with van der Waals surface area (Å²) in [5, 5.41) is 2.91. The van der Waals surface area contributed by atoms with Gasteiger partial charge in [0.25, 0.3) is 0 Å². The van der Waals surface area contributed by atoms with Crippen LogP contribution in [0.2, 0.25) is 5.02 Å². The normalized spacial score (nSPS) is 9.71. The lowest BCUT2D eigenvalue weighted by Gasteiger charge is -2.11. The van der Waals surface area contributed by atoms with Crippen molar-refractivity contribution in [1.29, 1.82) is 0 Å². The Morgan fingerprint density at radius 2 is 2.21 bits per heavy atom. The van der Waals surface area contributed by atoms with Gasteiger partial charge in [0.05, 0.1) is 26.8 Å².